The second-order valence-corrected chi connectivity index (χ2v) is 6.18. The average Bonchev–Trinajstić information content (AvgIpc) is 2.50. The Morgan fingerprint density at radius 3 is 2.35 bits per heavy atom. The highest BCUT2D eigenvalue weighted by molar-refractivity contribution is 5.22. The molecule has 1 aromatic carbocycles. The van der Waals surface area contributed by atoms with Crippen molar-refractivity contribution >= 4 is 0 Å². The molecule has 1 aliphatic carbocycles. The predicted octanol–water partition coefficient (Wildman–Crippen LogP) is 3.72. The van der Waals surface area contributed by atoms with Gasteiger partial charge in [0.2, 0.25) is 0 Å². The normalized spacial score (nSPS) is 19.8. The highest BCUT2D eigenvalue weighted by Crippen LogP contribution is 2.30. The van der Waals surface area contributed by atoms with Crippen LogP contribution in [-0.4, -0.2) is 26.3 Å². The van der Waals surface area contributed by atoms with E-state index < -0.39 is 0 Å². The van der Waals surface area contributed by atoms with Gasteiger partial charge in [0, 0.05) is 13.2 Å². The first-order valence-corrected chi connectivity index (χ1v) is 8.00. The fourth-order valence-electron chi connectivity index (χ4n) is 3.51. The molecular formula is C18H29NO. The summed E-state index contributed by atoms with van der Waals surface area (Å²) in [5, 5.41) is 3.49. The highest BCUT2D eigenvalue weighted by atomic mass is 16.5. The summed E-state index contributed by atoms with van der Waals surface area (Å²) in [5.41, 5.74) is 2.72. The molecule has 112 valence electrons. The van der Waals surface area contributed by atoms with Gasteiger partial charge in [-0.05, 0) is 44.7 Å². The van der Waals surface area contributed by atoms with E-state index in [1.165, 1.54) is 43.2 Å². The van der Waals surface area contributed by atoms with Gasteiger partial charge in [0.15, 0.2) is 0 Å². The number of aryl methyl sites for hydroxylation is 1. The molecule has 2 heteroatoms. The van der Waals surface area contributed by atoms with Crippen LogP contribution in [0.5, 0.6) is 0 Å². The molecule has 0 spiro atoms. The summed E-state index contributed by atoms with van der Waals surface area (Å²) in [6.45, 7) is 2.14. The second kappa shape index (κ2) is 7.80. The molecule has 2 unspecified atom stereocenters. The number of hydrogen-bond donors (Lipinski definition) is 1. The number of ether oxygens (including phenoxy) is 1. The molecule has 0 radical (unpaired) electrons. The molecule has 2 rings (SSSR count). The van der Waals surface area contributed by atoms with Crippen molar-refractivity contribution in [3.8, 4) is 0 Å². The Kier molecular flexibility index (Phi) is 6.06. The van der Waals surface area contributed by atoms with Crippen molar-refractivity contribution in [1.29, 1.82) is 0 Å². The zero-order valence-corrected chi connectivity index (χ0v) is 13.2. The van der Waals surface area contributed by atoms with Crippen LogP contribution in [0.1, 0.15) is 43.2 Å². The topological polar surface area (TPSA) is 21.3 Å². The Hall–Kier alpha value is -0.860. The number of hydrogen-bond acceptors (Lipinski definition) is 2. The van der Waals surface area contributed by atoms with E-state index in [2.05, 4.69) is 43.6 Å². The Labute approximate surface area is 123 Å². The van der Waals surface area contributed by atoms with Crippen molar-refractivity contribution in [2.75, 3.05) is 14.2 Å². The Morgan fingerprint density at radius 2 is 1.80 bits per heavy atom. The lowest BCUT2D eigenvalue weighted by Gasteiger charge is -2.35. The molecule has 2 atom stereocenters. The van der Waals surface area contributed by atoms with Crippen LogP contribution in [0.15, 0.2) is 24.3 Å². The quantitative estimate of drug-likeness (QED) is 0.854. The Bertz CT molecular complexity index is 381. The third-order valence-electron chi connectivity index (χ3n) is 4.73. The highest BCUT2D eigenvalue weighted by Gasteiger charge is 2.29. The molecule has 20 heavy (non-hydrogen) atoms. The minimum Gasteiger partial charge on any atom is -0.380 e. The number of nitrogens with one attached hydrogen (secondary N) is 1. The van der Waals surface area contributed by atoms with Crippen LogP contribution in [0.2, 0.25) is 0 Å². The Balaban J connectivity index is 2.02. The number of rotatable bonds is 6. The van der Waals surface area contributed by atoms with Gasteiger partial charge in [-0.15, -0.1) is 0 Å². The summed E-state index contributed by atoms with van der Waals surface area (Å²) in [7, 11) is 3.94. The molecular weight excluding hydrogens is 246 g/mol. The van der Waals surface area contributed by atoms with Gasteiger partial charge in [0.25, 0.3) is 0 Å². The van der Waals surface area contributed by atoms with Crippen molar-refractivity contribution in [1.82, 2.24) is 5.32 Å². The van der Waals surface area contributed by atoms with E-state index in [0.717, 1.165) is 12.3 Å². The van der Waals surface area contributed by atoms with Crippen LogP contribution in [0, 0.1) is 12.8 Å². The fourth-order valence-corrected chi connectivity index (χ4v) is 3.51. The van der Waals surface area contributed by atoms with Crippen molar-refractivity contribution < 1.29 is 4.74 Å². The predicted molar refractivity (Wildman–Crippen MR) is 85.1 cm³/mol. The summed E-state index contributed by atoms with van der Waals surface area (Å²) in [6, 6.07) is 9.29. The van der Waals surface area contributed by atoms with Crippen LogP contribution in [0.3, 0.4) is 0 Å². The van der Waals surface area contributed by atoms with E-state index in [0.29, 0.717) is 12.1 Å². The first-order chi connectivity index (χ1) is 9.74. The van der Waals surface area contributed by atoms with Gasteiger partial charge in [0.1, 0.15) is 0 Å². The third kappa shape index (κ3) is 4.07. The van der Waals surface area contributed by atoms with Gasteiger partial charge in [-0.3, -0.25) is 0 Å². The number of benzene rings is 1. The smallest absolute Gasteiger partial charge is 0.0755 e. The van der Waals surface area contributed by atoms with Crippen LogP contribution in [0.25, 0.3) is 0 Å². The molecule has 1 saturated carbocycles. The Morgan fingerprint density at radius 1 is 1.15 bits per heavy atom. The molecule has 0 saturated heterocycles. The summed E-state index contributed by atoms with van der Waals surface area (Å²) >= 11 is 0. The summed E-state index contributed by atoms with van der Waals surface area (Å²) in [5.74, 6) is 0.719. The molecule has 0 heterocycles. The lowest BCUT2D eigenvalue weighted by atomic mass is 9.81. The SMILES string of the molecule is CNC(Cc1ccc(C)cc1)C(OC)C1CCCCC1. The summed E-state index contributed by atoms with van der Waals surface area (Å²) in [4.78, 5) is 0. The van der Waals surface area contributed by atoms with Crippen LogP contribution in [0.4, 0.5) is 0 Å². The van der Waals surface area contributed by atoms with E-state index in [9.17, 15) is 0 Å². The lowest BCUT2D eigenvalue weighted by molar-refractivity contribution is 0.0101. The van der Waals surface area contributed by atoms with Crippen molar-refractivity contribution in [2.45, 2.75) is 57.6 Å². The fraction of sp³-hybridized carbons (Fsp3) is 0.667. The monoisotopic (exact) mass is 275 g/mol. The van der Waals surface area contributed by atoms with E-state index in [1.54, 1.807) is 0 Å². The maximum absolute atomic E-state index is 5.88. The molecule has 0 bridgehead atoms. The number of likely N-dealkylation sites (N-methyl/N-ethyl adjacent to an activating group) is 1. The average molecular weight is 275 g/mol. The van der Waals surface area contributed by atoms with Gasteiger partial charge in [0.05, 0.1) is 6.10 Å². The van der Waals surface area contributed by atoms with Crippen molar-refractivity contribution in [2.24, 2.45) is 5.92 Å². The van der Waals surface area contributed by atoms with Crippen molar-refractivity contribution in [3.05, 3.63) is 35.4 Å². The molecule has 0 aromatic heterocycles. The second-order valence-electron chi connectivity index (χ2n) is 6.18. The van der Waals surface area contributed by atoms with Crippen molar-refractivity contribution in [3.63, 3.8) is 0 Å². The van der Waals surface area contributed by atoms with E-state index >= 15 is 0 Å². The molecule has 0 amide bonds. The largest absolute Gasteiger partial charge is 0.380 e. The summed E-state index contributed by atoms with van der Waals surface area (Å²) < 4.78 is 5.88. The van der Waals surface area contributed by atoms with E-state index in [-0.39, 0.29) is 0 Å². The summed E-state index contributed by atoms with van der Waals surface area (Å²) in [6.07, 6.45) is 8.16. The molecule has 2 nitrogen and oxygen atoms in total. The van der Waals surface area contributed by atoms with Gasteiger partial charge in [-0.1, -0.05) is 49.1 Å². The zero-order valence-electron chi connectivity index (χ0n) is 13.2. The maximum Gasteiger partial charge on any atom is 0.0755 e. The molecule has 0 aliphatic heterocycles. The van der Waals surface area contributed by atoms with Gasteiger partial charge < -0.3 is 10.1 Å². The van der Waals surface area contributed by atoms with Crippen LogP contribution in [-0.2, 0) is 11.2 Å². The third-order valence-corrected chi connectivity index (χ3v) is 4.73. The van der Waals surface area contributed by atoms with Crippen LogP contribution >= 0.6 is 0 Å². The minimum absolute atomic E-state index is 0.335. The van der Waals surface area contributed by atoms with Gasteiger partial charge in [-0.2, -0.15) is 0 Å². The van der Waals surface area contributed by atoms with E-state index in [4.69, 9.17) is 4.74 Å². The molecule has 1 aliphatic rings. The molecule has 1 fully saturated rings. The maximum atomic E-state index is 5.88. The minimum atomic E-state index is 0.335. The zero-order chi connectivity index (χ0) is 14.4. The van der Waals surface area contributed by atoms with Gasteiger partial charge in [-0.25, -0.2) is 0 Å². The molecule has 1 N–H and O–H groups in total. The van der Waals surface area contributed by atoms with E-state index in [1.807, 2.05) is 7.11 Å². The molecule has 1 aromatic rings. The standard InChI is InChI=1S/C18H29NO/c1-14-9-11-15(12-10-14)13-17(19-2)18(20-3)16-7-5-4-6-8-16/h9-12,16-19H,4-8,13H2,1-3H3. The first-order valence-electron chi connectivity index (χ1n) is 8.00. The lowest BCUT2D eigenvalue weighted by Crippen LogP contribution is -2.45. The number of methoxy groups -OCH3 is 1. The van der Waals surface area contributed by atoms with Gasteiger partial charge >= 0.3 is 0 Å². The van der Waals surface area contributed by atoms with Crippen LogP contribution < -0.4 is 5.32 Å². The first kappa shape index (κ1) is 15.5.